The zero-order valence-electron chi connectivity index (χ0n) is 10.4. The minimum absolute atomic E-state index is 0. The third-order valence-electron chi connectivity index (χ3n) is 2.37. The van der Waals surface area contributed by atoms with Gasteiger partial charge in [0.05, 0.1) is 6.61 Å². The molecule has 0 fully saturated rings. The number of nitrogens with two attached hydrogens (primary N) is 1. The van der Waals surface area contributed by atoms with Gasteiger partial charge in [-0.25, -0.2) is 0 Å². The quantitative estimate of drug-likeness (QED) is 0.774. The molecule has 0 spiro atoms. The molecule has 100 valence electrons. The van der Waals surface area contributed by atoms with Crippen molar-refractivity contribution >= 4 is 24.8 Å². The Kier molecular flexibility index (Phi) is 13.4. The predicted octanol–water partition coefficient (Wildman–Crippen LogP) is 3.60. The largest absolute Gasteiger partial charge is 0.494 e. The van der Waals surface area contributed by atoms with Crippen LogP contribution >= 0.6 is 24.8 Å². The molecule has 0 saturated carbocycles. The maximum atomic E-state index is 5.61. The Morgan fingerprint density at radius 2 is 1.71 bits per heavy atom. The molecule has 0 aromatic heterocycles. The highest BCUT2D eigenvalue weighted by Gasteiger charge is 1.94. The van der Waals surface area contributed by atoms with E-state index in [-0.39, 0.29) is 24.8 Å². The third-order valence-corrected chi connectivity index (χ3v) is 2.37. The summed E-state index contributed by atoms with van der Waals surface area (Å²) >= 11 is 0. The van der Waals surface area contributed by atoms with Crippen molar-refractivity contribution in [2.45, 2.75) is 32.6 Å². The smallest absolute Gasteiger partial charge is 0.119 e. The first-order chi connectivity index (χ1) is 7.36. The van der Waals surface area contributed by atoms with Crippen molar-refractivity contribution in [1.29, 1.82) is 0 Å². The summed E-state index contributed by atoms with van der Waals surface area (Å²) in [4.78, 5) is 0. The van der Waals surface area contributed by atoms with E-state index in [1.54, 1.807) is 0 Å². The molecule has 2 nitrogen and oxygen atoms in total. The second kappa shape index (κ2) is 12.0. The van der Waals surface area contributed by atoms with Crippen LogP contribution in [-0.4, -0.2) is 13.2 Å². The number of halogens is 2. The first-order valence-corrected chi connectivity index (χ1v) is 5.78. The predicted molar refractivity (Wildman–Crippen MR) is 78.7 cm³/mol. The molecule has 0 aliphatic heterocycles. The van der Waals surface area contributed by atoms with Crippen LogP contribution in [-0.2, 0) is 6.42 Å². The molecule has 0 aliphatic rings. The maximum Gasteiger partial charge on any atom is 0.119 e. The van der Waals surface area contributed by atoms with Crippen molar-refractivity contribution in [3.8, 4) is 5.75 Å². The Morgan fingerprint density at radius 3 is 2.24 bits per heavy atom. The molecule has 17 heavy (non-hydrogen) atoms. The maximum absolute atomic E-state index is 5.61. The summed E-state index contributed by atoms with van der Waals surface area (Å²) in [5.74, 6) is 0.965. The number of hydrogen-bond donors (Lipinski definition) is 1. The van der Waals surface area contributed by atoms with Crippen LogP contribution in [0.3, 0.4) is 0 Å². The average molecular weight is 280 g/mol. The van der Waals surface area contributed by atoms with Gasteiger partial charge in [0.15, 0.2) is 0 Å². The van der Waals surface area contributed by atoms with Crippen molar-refractivity contribution in [2.24, 2.45) is 5.73 Å². The van der Waals surface area contributed by atoms with E-state index in [4.69, 9.17) is 10.5 Å². The molecule has 2 N–H and O–H groups in total. The molecule has 0 unspecified atom stereocenters. The molecule has 0 amide bonds. The summed E-state index contributed by atoms with van der Waals surface area (Å²) in [6, 6.07) is 8.22. The molecular weight excluding hydrogens is 257 g/mol. The Bertz CT molecular complexity index is 265. The number of rotatable bonds is 7. The zero-order chi connectivity index (χ0) is 10.9. The van der Waals surface area contributed by atoms with Crippen molar-refractivity contribution in [3.63, 3.8) is 0 Å². The second-order valence-corrected chi connectivity index (χ2v) is 3.74. The summed E-state index contributed by atoms with van der Waals surface area (Å²) < 4.78 is 5.61. The number of benzene rings is 1. The molecule has 1 aromatic carbocycles. The van der Waals surface area contributed by atoms with Crippen LogP contribution in [0.1, 0.15) is 31.7 Å². The minimum atomic E-state index is 0. The van der Waals surface area contributed by atoms with Crippen LogP contribution in [0.2, 0.25) is 0 Å². The first-order valence-electron chi connectivity index (χ1n) is 5.78. The van der Waals surface area contributed by atoms with Gasteiger partial charge in [0, 0.05) is 0 Å². The van der Waals surface area contributed by atoms with Crippen LogP contribution < -0.4 is 10.5 Å². The van der Waals surface area contributed by atoms with Crippen LogP contribution in [0, 0.1) is 0 Å². The van der Waals surface area contributed by atoms with E-state index in [2.05, 4.69) is 19.1 Å². The Hall–Kier alpha value is -0.440. The number of unbranched alkanes of at least 4 members (excludes halogenated alkanes) is 2. The minimum Gasteiger partial charge on any atom is -0.494 e. The molecule has 0 saturated heterocycles. The van der Waals surface area contributed by atoms with E-state index in [0.29, 0.717) is 6.54 Å². The second-order valence-electron chi connectivity index (χ2n) is 3.74. The van der Waals surface area contributed by atoms with Gasteiger partial charge in [-0.1, -0.05) is 31.9 Å². The molecule has 0 radical (unpaired) electrons. The number of ether oxygens (including phenoxy) is 1. The van der Waals surface area contributed by atoms with Crippen LogP contribution in [0.25, 0.3) is 0 Å². The van der Waals surface area contributed by atoms with Crippen molar-refractivity contribution in [3.05, 3.63) is 29.8 Å². The SMILES string of the molecule is CCCCCOc1ccc(CCN)cc1.Cl.Cl. The molecule has 0 bridgehead atoms. The summed E-state index contributed by atoms with van der Waals surface area (Å²) in [5, 5.41) is 0. The zero-order valence-corrected chi connectivity index (χ0v) is 12.0. The van der Waals surface area contributed by atoms with Crippen LogP contribution in [0.15, 0.2) is 24.3 Å². The molecular formula is C13H23Cl2NO. The molecule has 1 rings (SSSR count). The van der Waals surface area contributed by atoms with Gasteiger partial charge in [0.25, 0.3) is 0 Å². The van der Waals surface area contributed by atoms with Crippen molar-refractivity contribution < 1.29 is 4.74 Å². The van der Waals surface area contributed by atoms with Gasteiger partial charge in [0.1, 0.15) is 5.75 Å². The van der Waals surface area contributed by atoms with E-state index in [1.807, 2.05) is 12.1 Å². The molecule has 0 heterocycles. The Morgan fingerprint density at radius 1 is 1.06 bits per heavy atom. The van der Waals surface area contributed by atoms with Crippen LogP contribution in [0.4, 0.5) is 0 Å². The molecule has 0 atom stereocenters. The van der Waals surface area contributed by atoms with E-state index in [0.717, 1.165) is 25.2 Å². The fourth-order valence-corrected chi connectivity index (χ4v) is 1.46. The highest BCUT2D eigenvalue weighted by molar-refractivity contribution is 5.85. The topological polar surface area (TPSA) is 35.2 Å². The summed E-state index contributed by atoms with van der Waals surface area (Å²) in [5.41, 5.74) is 6.76. The lowest BCUT2D eigenvalue weighted by Gasteiger charge is -2.06. The van der Waals surface area contributed by atoms with Gasteiger partial charge < -0.3 is 10.5 Å². The molecule has 0 aliphatic carbocycles. The highest BCUT2D eigenvalue weighted by Crippen LogP contribution is 2.12. The lowest BCUT2D eigenvalue weighted by Crippen LogP contribution is -2.02. The fourth-order valence-electron chi connectivity index (χ4n) is 1.46. The third kappa shape index (κ3) is 8.31. The van der Waals surface area contributed by atoms with Gasteiger partial charge in [0.2, 0.25) is 0 Å². The lowest BCUT2D eigenvalue weighted by molar-refractivity contribution is 0.306. The standard InChI is InChI=1S/C13H21NO.2ClH/c1-2-3-4-11-15-13-7-5-12(6-8-13)9-10-14;;/h5-8H,2-4,9-11,14H2,1H3;2*1H. The highest BCUT2D eigenvalue weighted by atomic mass is 35.5. The van der Waals surface area contributed by atoms with E-state index >= 15 is 0 Å². The molecule has 1 aromatic rings. The van der Waals surface area contributed by atoms with Gasteiger partial charge in [-0.15, -0.1) is 24.8 Å². The van der Waals surface area contributed by atoms with E-state index in [9.17, 15) is 0 Å². The first kappa shape index (κ1) is 18.9. The van der Waals surface area contributed by atoms with Crippen LogP contribution in [0.5, 0.6) is 5.75 Å². The van der Waals surface area contributed by atoms with Gasteiger partial charge >= 0.3 is 0 Å². The van der Waals surface area contributed by atoms with Crippen molar-refractivity contribution in [1.82, 2.24) is 0 Å². The fraction of sp³-hybridized carbons (Fsp3) is 0.538. The molecule has 4 heteroatoms. The average Bonchev–Trinajstić information content (AvgIpc) is 2.27. The monoisotopic (exact) mass is 279 g/mol. The lowest BCUT2D eigenvalue weighted by atomic mass is 10.1. The summed E-state index contributed by atoms with van der Waals surface area (Å²) in [6.07, 6.45) is 4.56. The number of hydrogen-bond acceptors (Lipinski definition) is 2. The Balaban J connectivity index is 0. The summed E-state index contributed by atoms with van der Waals surface area (Å²) in [6.45, 7) is 3.72. The van der Waals surface area contributed by atoms with E-state index < -0.39 is 0 Å². The van der Waals surface area contributed by atoms with E-state index in [1.165, 1.54) is 18.4 Å². The van der Waals surface area contributed by atoms with Gasteiger partial charge in [-0.2, -0.15) is 0 Å². The van der Waals surface area contributed by atoms with Gasteiger partial charge in [-0.3, -0.25) is 0 Å². The normalized spacial score (nSPS) is 9.06. The van der Waals surface area contributed by atoms with Gasteiger partial charge in [-0.05, 0) is 37.1 Å². The summed E-state index contributed by atoms with van der Waals surface area (Å²) in [7, 11) is 0. The van der Waals surface area contributed by atoms with Crippen molar-refractivity contribution in [2.75, 3.05) is 13.2 Å². The Labute approximate surface area is 117 Å².